The summed E-state index contributed by atoms with van der Waals surface area (Å²) in [6, 6.07) is 13.0. The van der Waals surface area contributed by atoms with E-state index in [0.717, 1.165) is 4.68 Å². The number of nitrogens with one attached hydrogen (secondary N) is 3. The number of nitrogens with zero attached hydrogens (tertiary/aromatic N) is 5. The van der Waals surface area contributed by atoms with Crippen molar-refractivity contribution in [2.75, 3.05) is 33.1 Å². The van der Waals surface area contributed by atoms with Crippen molar-refractivity contribution in [1.29, 1.82) is 5.41 Å². The highest BCUT2D eigenvalue weighted by Gasteiger charge is 2.23. The molecule has 0 saturated carbocycles. The zero-order valence-corrected chi connectivity index (χ0v) is 21.0. The van der Waals surface area contributed by atoms with Crippen molar-refractivity contribution in [2.45, 2.75) is 6.04 Å². The van der Waals surface area contributed by atoms with Crippen molar-refractivity contribution in [2.24, 2.45) is 5.73 Å². The SMILES string of the molecule is COc1cc(OCC(=O)N(C)C)cc([C@H](Nc2ccc(C(=N)N)cc2)c2nn(-c3ncccn3)c(=O)[nH]2)c1. The lowest BCUT2D eigenvalue weighted by molar-refractivity contribution is -0.130. The molecule has 1 amide bonds. The standard InChI is InChI=1S/C25H27N9O4/c1-33(2)20(35)14-38-19-12-16(11-18(13-19)37-3)21(30-17-7-5-15(6-8-17)22(26)27)23-31-25(36)34(32-23)24-28-9-4-10-29-24/h4-13,21,30H,14H2,1-3H3,(H3,26,27)(H,31,32,36)/t21-/m0/s1. The highest BCUT2D eigenvalue weighted by molar-refractivity contribution is 5.95. The Morgan fingerprint density at radius 1 is 1.16 bits per heavy atom. The largest absolute Gasteiger partial charge is 0.497 e. The van der Waals surface area contributed by atoms with Gasteiger partial charge in [-0.3, -0.25) is 15.2 Å². The van der Waals surface area contributed by atoms with Gasteiger partial charge in [0.15, 0.2) is 12.4 Å². The third-order valence-corrected chi connectivity index (χ3v) is 5.49. The molecule has 0 radical (unpaired) electrons. The van der Waals surface area contributed by atoms with Crippen molar-refractivity contribution in [1.82, 2.24) is 29.6 Å². The Morgan fingerprint density at radius 3 is 2.47 bits per heavy atom. The van der Waals surface area contributed by atoms with E-state index in [2.05, 4.69) is 25.4 Å². The molecule has 5 N–H and O–H groups in total. The quantitative estimate of drug-likeness (QED) is 0.178. The first-order chi connectivity index (χ1) is 18.2. The second kappa shape index (κ2) is 11.2. The third kappa shape index (κ3) is 5.95. The molecule has 4 rings (SSSR count). The summed E-state index contributed by atoms with van der Waals surface area (Å²) >= 11 is 0. The predicted molar refractivity (Wildman–Crippen MR) is 140 cm³/mol. The summed E-state index contributed by atoms with van der Waals surface area (Å²) in [5, 5.41) is 15.4. The van der Waals surface area contributed by atoms with Gasteiger partial charge in [0.2, 0.25) is 0 Å². The highest BCUT2D eigenvalue weighted by Crippen LogP contribution is 2.31. The van der Waals surface area contributed by atoms with Gasteiger partial charge in [-0.2, -0.15) is 0 Å². The number of carbonyl (C=O) groups excluding carboxylic acids is 1. The number of hydrogen-bond donors (Lipinski definition) is 4. The van der Waals surface area contributed by atoms with Crippen LogP contribution < -0.4 is 26.2 Å². The third-order valence-electron chi connectivity index (χ3n) is 5.49. The van der Waals surface area contributed by atoms with Crippen LogP contribution in [0.15, 0.2) is 65.7 Å². The van der Waals surface area contributed by atoms with Gasteiger partial charge in [0.25, 0.3) is 11.9 Å². The predicted octanol–water partition coefficient (Wildman–Crippen LogP) is 1.31. The monoisotopic (exact) mass is 517 g/mol. The van der Waals surface area contributed by atoms with E-state index in [1.807, 2.05) is 0 Å². The summed E-state index contributed by atoms with van der Waals surface area (Å²) in [6.45, 7) is -0.166. The second-order valence-electron chi connectivity index (χ2n) is 8.36. The fraction of sp³-hybridized carbons (Fsp3) is 0.200. The molecular weight excluding hydrogens is 490 g/mol. The molecule has 0 aliphatic rings. The van der Waals surface area contributed by atoms with Gasteiger partial charge in [-0.25, -0.2) is 14.8 Å². The molecule has 2 heterocycles. The number of hydrogen-bond acceptors (Lipinski definition) is 9. The van der Waals surface area contributed by atoms with Crippen LogP contribution in [0.1, 0.15) is 23.0 Å². The number of nitrogen functional groups attached to an aromatic ring is 1. The summed E-state index contributed by atoms with van der Waals surface area (Å²) in [4.78, 5) is 37.3. The van der Waals surface area contributed by atoms with Gasteiger partial charge in [0.1, 0.15) is 23.4 Å². The lowest BCUT2D eigenvalue weighted by atomic mass is 10.0. The maximum Gasteiger partial charge on any atom is 0.350 e. The number of anilines is 1. The van der Waals surface area contributed by atoms with E-state index in [1.165, 1.54) is 24.4 Å². The number of nitrogens with two attached hydrogens (primary N) is 1. The van der Waals surface area contributed by atoms with Gasteiger partial charge >= 0.3 is 5.69 Å². The van der Waals surface area contributed by atoms with E-state index in [9.17, 15) is 9.59 Å². The number of benzene rings is 2. The number of likely N-dealkylation sites (N-methyl/N-ethyl adjacent to an activating group) is 1. The van der Waals surface area contributed by atoms with Crippen LogP contribution in [0.25, 0.3) is 5.95 Å². The Bertz CT molecular complexity index is 1480. The van der Waals surface area contributed by atoms with Gasteiger partial charge in [-0.05, 0) is 48.0 Å². The van der Waals surface area contributed by atoms with E-state index in [4.69, 9.17) is 20.6 Å². The first-order valence-electron chi connectivity index (χ1n) is 11.4. The number of rotatable bonds is 10. The van der Waals surface area contributed by atoms with E-state index < -0.39 is 11.7 Å². The zero-order valence-electron chi connectivity index (χ0n) is 21.0. The minimum atomic E-state index is -0.696. The molecule has 13 heteroatoms. The molecule has 2 aromatic heterocycles. The number of aromatic nitrogens is 5. The van der Waals surface area contributed by atoms with Crippen LogP contribution in [0, 0.1) is 5.41 Å². The maximum atomic E-state index is 12.8. The smallest absolute Gasteiger partial charge is 0.350 e. The number of aromatic amines is 1. The van der Waals surface area contributed by atoms with Gasteiger partial charge < -0.3 is 25.4 Å². The number of ether oxygens (including phenoxy) is 2. The molecule has 1 atom stereocenters. The number of methoxy groups -OCH3 is 1. The summed E-state index contributed by atoms with van der Waals surface area (Å²) in [5.74, 6) is 0.979. The van der Waals surface area contributed by atoms with Gasteiger partial charge in [-0.1, -0.05) is 0 Å². The average Bonchev–Trinajstić information content (AvgIpc) is 3.31. The summed E-state index contributed by atoms with van der Waals surface area (Å²) < 4.78 is 12.3. The molecule has 0 saturated heterocycles. The van der Waals surface area contributed by atoms with Crippen LogP contribution in [-0.4, -0.2) is 69.2 Å². The number of amidine groups is 1. The van der Waals surface area contributed by atoms with Crippen LogP contribution in [0.3, 0.4) is 0 Å². The molecule has 0 aliphatic heterocycles. The highest BCUT2D eigenvalue weighted by atomic mass is 16.5. The molecule has 0 aliphatic carbocycles. The van der Waals surface area contributed by atoms with Crippen LogP contribution in [0.4, 0.5) is 5.69 Å². The molecule has 4 aromatic rings. The Kier molecular flexibility index (Phi) is 7.66. The van der Waals surface area contributed by atoms with Gasteiger partial charge in [-0.15, -0.1) is 9.78 Å². The minimum absolute atomic E-state index is 0.0547. The van der Waals surface area contributed by atoms with Gasteiger partial charge in [0.05, 0.1) is 7.11 Å². The van der Waals surface area contributed by atoms with Crippen LogP contribution in [-0.2, 0) is 4.79 Å². The molecule has 2 aromatic carbocycles. The zero-order chi connectivity index (χ0) is 27.2. The molecule has 196 valence electrons. The molecule has 0 spiro atoms. The van der Waals surface area contributed by atoms with E-state index >= 15 is 0 Å². The van der Waals surface area contributed by atoms with E-state index in [1.54, 1.807) is 62.6 Å². The van der Waals surface area contributed by atoms with Crippen LogP contribution in [0.2, 0.25) is 0 Å². The molecule has 0 unspecified atom stereocenters. The Morgan fingerprint density at radius 2 is 1.84 bits per heavy atom. The number of carbonyl (C=O) groups is 1. The van der Waals surface area contributed by atoms with Gasteiger partial charge in [0, 0.05) is 43.8 Å². The normalized spacial score (nSPS) is 11.4. The van der Waals surface area contributed by atoms with Crippen molar-refractivity contribution in [3.63, 3.8) is 0 Å². The fourth-order valence-corrected chi connectivity index (χ4v) is 3.46. The first-order valence-corrected chi connectivity index (χ1v) is 11.4. The number of H-pyrrole nitrogens is 1. The lowest BCUT2D eigenvalue weighted by Gasteiger charge is -2.20. The van der Waals surface area contributed by atoms with Crippen LogP contribution >= 0.6 is 0 Å². The average molecular weight is 518 g/mol. The lowest BCUT2D eigenvalue weighted by Crippen LogP contribution is -2.27. The molecular formula is C25H27N9O4. The van der Waals surface area contributed by atoms with Crippen molar-refractivity contribution in [3.05, 3.63) is 88.4 Å². The summed E-state index contributed by atoms with van der Waals surface area (Å²) in [5.41, 5.74) is 6.91. The number of amides is 1. The summed E-state index contributed by atoms with van der Waals surface area (Å²) in [7, 11) is 4.80. The van der Waals surface area contributed by atoms with Crippen LogP contribution in [0.5, 0.6) is 11.5 Å². The molecule has 0 bridgehead atoms. The molecule has 38 heavy (non-hydrogen) atoms. The first kappa shape index (κ1) is 25.9. The van der Waals surface area contributed by atoms with Crippen molar-refractivity contribution >= 4 is 17.4 Å². The topological polar surface area (TPSA) is 177 Å². The Labute approximate surface area is 217 Å². The van der Waals surface area contributed by atoms with E-state index in [-0.39, 0.29) is 30.1 Å². The Hall–Kier alpha value is -5.20. The second-order valence-corrected chi connectivity index (χ2v) is 8.36. The Balaban J connectivity index is 1.76. The minimum Gasteiger partial charge on any atom is -0.497 e. The molecule has 13 nitrogen and oxygen atoms in total. The van der Waals surface area contributed by atoms with E-state index in [0.29, 0.717) is 28.3 Å². The van der Waals surface area contributed by atoms with Crippen molar-refractivity contribution in [3.8, 4) is 17.4 Å². The maximum absolute atomic E-state index is 12.8. The summed E-state index contributed by atoms with van der Waals surface area (Å²) in [6.07, 6.45) is 3.02. The fourth-order valence-electron chi connectivity index (χ4n) is 3.46. The molecule has 0 fully saturated rings. The van der Waals surface area contributed by atoms with Crippen molar-refractivity contribution < 1.29 is 14.3 Å².